The van der Waals surface area contributed by atoms with Gasteiger partial charge in [0.05, 0.1) is 24.3 Å². The molecule has 1 aromatic rings. The van der Waals surface area contributed by atoms with Gasteiger partial charge in [-0.05, 0) is 31.8 Å². The van der Waals surface area contributed by atoms with E-state index >= 15 is 0 Å². The molecule has 17 nitrogen and oxygen atoms in total. The molecule has 4 amide bonds. The number of carbonyl (C=O) groups excluding carboxylic acids is 3. The van der Waals surface area contributed by atoms with E-state index in [1.54, 1.807) is 0 Å². The van der Waals surface area contributed by atoms with Crippen molar-refractivity contribution in [2.24, 2.45) is 0 Å². The zero-order valence-electron chi connectivity index (χ0n) is 25.8. The summed E-state index contributed by atoms with van der Waals surface area (Å²) in [6.45, 7) is 0.382. The van der Waals surface area contributed by atoms with Gasteiger partial charge in [0, 0.05) is 49.2 Å². The van der Waals surface area contributed by atoms with E-state index in [1.807, 2.05) is 11.8 Å². The molecule has 19 heteroatoms. The lowest BCUT2D eigenvalue weighted by atomic mass is 10.0. The Bertz CT molecular complexity index is 1450. The Hall–Kier alpha value is -2.99. The number of phosphoric acid groups is 1. The van der Waals surface area contributed by atoms with Crippen molar-refractivity contribution in [3.63, 3.8) is 0 Å². The number of ether oxygens (including phenoxy) is 1. The maximum absolute atomic E-state index is 12.4. The van der Waals surface area contributed by atoms with Gasteiger partial charge in [-0.2, -0.15) is 11.8 Å². The molecule has 8 N–H and O–H groups in total. The molecule has 4 rings (SSSR count). The predicted molar refractivity (Wildman–Crippen MR) is 171 cm³/mol. The number of amides is 4. The molecule has 0 aromatic carbocycles. The van der Waals surface area contributed by atoms with Crippen LogP contribution in [0.25, 0.3) is 6.08 Å². The number of hydrogen-bond donors (Lipinski definition) is 8. The number of urea groups is 1. The SMILES string of the molecule is O=C(/C=C/c1cn([C@H]2CC(OP(=O)(O)O)[C@@H](CO)O2)c(=O)[nH]c1=O)NCCCCCCNC(=O)CCCCC1SCC2NC(=O)NC21. The molecule has 3 aliphatic rings. The van der Waals surface area contributed by atoms with Gasteiger partial charge < -0.3 is 40.9 Å². The van der Waals surface area contributed by atoms with Gasteiger partial charge in [0.2, 0.25) is 11.8 Å². The number of aromatic amines is 1. The van der Waals surface area contributed by atoms with Crippen molar-refractivity contribution in [2.45, 2.75) is 93.6 Å². The molecule has 0 aliphatic carbocycles. The molecule has 0 saturated carbocycles. The highest BCUT2D eigenvalue weighted by molar-refractivity contribution is 8.00. The summed E-state index contributed by atoms with van der Waals surface area (Å²) in [6.07, 6.45) is 6.44. The zero-order valence-corrected chi connectivity index (χ0v) is 27.5. The Morgan fingerprint density at radius 1 is 1.09 bits per heavy atom. The van der Waals surface area contributed by atoms with Crippen LogP contribution in [0.1, 0.15) is 69.6 Å². The second kappa shape index (κ2) is 17.4. The van der Waals surface area contributed by atoms with Gasteiger partial charge >= 0.3 is 19.5 Å². The Morgan fingerprint density at radius 2 is 1.83 bits per heavy atom. The molecule has 4 unspecified atom stereocenters. The number of hydrogen-bond acceptors (Lipinski definition) is 10. The smallest absolute Gasteiger partial charge is 0.394 e. The number of H-pyrrole nitrogens is 1. The first-order valence-electron chi connectivity index (χ1n) is 15.7. The maximum atomic E-state index is 12.4. The van der Waals surface area contributed by atoms with Crippen molar-refractivity contribution >= 4 is 43.5 Å². The molecule has 0 spiro atoms. The Kier molecular flexibility index (Phi) is 13.7. The largest absolute Gasteiger partial charge is 0.469 e. The molecule has 262 valence electrons. The fraction of sp³-hybridized carbons (Fsp3) is 0.679. The minimum absolute atomic E-state index is 0.0344. The van der Waals surface area contributed by atoms with Crippen molar-refractivity contribution in [1.82, 2.24) is 30.8 Å². The first-order valence-corrected chi connectivity index (χ1v) is 18.3. The van der Waals surface area contributed by atoms with Gasteiger partial charge in [-0.15, -0.1) is 0 Å². The average molecular weight is 703 g/mol. The Balaban J connectivity index is 1.07. The van der Waals surface area contributed by atoms with Crippen molar-refractivity contribution in [2.75, 3.05) is 25.4 Å². The molecule has 3 fully saturated rings. The van der Waals surface area contributed by atoms with Crippen LogP contribution in [-0.2, 0) is 23.4 Å². The summed E-state index contributed by atoms with van der Waals surface area (Å²) in [7, 11) is -4.89. The first-order chi connectivity index (χ1) is 22.4. The third-order valence-corrected chi connectivity index (χ3v) is 10.2. The zero-order chi connectivity index (χ0) is 34.0. The van der Waals surface area contributed by atoms with E-state index in [0.29, 0.717) is 24.8 Å². The van der Waals surface area contributed by atoms with Crippen LogP contribution in [0.4, 0.5) is 4.79 Å². The van der Waals surface area contributed by atoms with E-state index in [9.17, 15) is 33.6 Å². The minimum Gasteiger partial charge on any atom is -0.394 e. The molecule has 3 aliphatic heterocycles. The average Bonchev–Trinajstić information content (AvgIpc) is 3.69. The number of aliphatic hydroxyl groups excluding tert-OH is 1. The van der Waals surface area contributed by atoms with Gasteiger partial charge in [0.1, 0.15) is 18.4 Å². The fourth-order valence-corrected chi connectivity index (χ4v) is 7.90. The normalized spacial score (nSPS) is 25.5. The summed E-state index contributed by atoms with van der Waals surface area (Å²) in [5.74, 6) is 0.519. The number of rotatable bonds is 18. The number of nitrogens with zero attached hydrogens (tertiary/aromatic N) is 1. The van der Waals surface area contributed by atoms with Gasteiger partial charge in [0.15, 0.2) is 0 Å². The van der Waals surface area contributed by atoms with Crippen LogP contribution in [0.2, 0.25) is 0 Å². The molecular weight excluding hydrogens is 659 g/mol. The number of phosphoric ester groups is 1. The van der Waals surface area contributed by atoms with Crippen LogP contribution in [0.5, 0.6) is 0 Å². The van der Waals surface area contributed by atoms with Crippen molar-refractivity contribution in [3.8, 4) is 0 Å². The number of carbonyl (C=O) groups is 3. The standard InChI is InChI=1S/C28H43N6O11PS/c35-15-20-19(45-46(41,42)43)13-24(44-20)34-14-17(26(38)33-28(34)40)9-10-23(37)30-12-6-2-1-5-11-29-22(36)8-4-3-7-21-25-18(16-47-21)31-27(39)32-25/h9-10,14,18-21,24-25,35H,1-8,11-13,15-16H2,(H,29,36)(H,30,37)(H2,31,32,39)(H,33,38,40)(H2,41,42,43)/b10-9+/t18?,19?,20-,21?,24-,25?/m1/s1. The maximum Gasteiger partial charge on any atom is 0.469 e. The number of aromatic nitrogens is 2. The van der Waals surface area contributed by atoms with E-state index in [0.717, 1.165) is 67.5 Å². The third kappa shape index (κ3) is 11.3. The molecule has 4 heterocycles. The van der Waals surface area contributed by atoms with Gasteiger partial charge in [-0.25, -0.2) is 14.2 Å². The van der Waals surface area contributed by atoms with Crippen LogP contribution >= 0.6 is 19.6 Å². The van der Waals surface area contributed by atoms with Crippen molar-refractivity contribution < 1.29 is 43.1 Å². The van der Waals surface area contributed by atoms with Gasteiger partial charge in [-0.1, -0.05) is 19.3 Å². The summed E-state index contributed by atoms with van der Waals surface area (Å²) < 4.78 is 22.4. The van der Waals surface area contributed by atoms with E-state index in [1.165, 1.54) is 6.08 Å². The van der Waals surface area contributed by atoms with E-state index in [-0.39, 0.29) is 36.0 Å². The van der Waals surface area contributed by atoms with E-state index in [4.69, 9.17) is 14.5 Å². The second-order valence-corrected chi connectivity index (χ2v) is 14.2. The highest BCUT2D eigenvalue weighted by Gasteiger charge is 2.43. The quantitative estimate of drug-likeness (QED) is 0.0430. The summed E-state index contributed by atoms with van der Waals surface area (Å²) in [6, 6.07) is 0.313. The van der Waals surface area contributed by atoms with Gasteiger partial charge in [0.25, 0.3) is 5.56 Å². The number of unbranched alkanes of at least 4 members (excludes halogenated alkanes) is 4. The molecule has 47 heavy (non-hydrogen) atoms. The van der Waals surface area contributed by atoms with Crippen LogP contribution in [0.3, 0.4) is 0 Å². The minimum atomic E-state index is -4.89. The second-order valence-electron chi connectivity index (χ2n) is 11.7. The lowest BCUT2D eigenvalue weighted by molar-refractivity contribution is -0.121. The van der Waals surface area contributed by atoms with Crippen molar-refractivity contribution in [3.05, 3.63) is 38.7 Å². The number of fused-ring (bicyclic) bond motifs is 1. The van der Waals surface area contributed by atoms with Crippen LogP contribution in [0.15, 0.2) is 21.9 Å². The number of aliphatic hydroxyl groups is 1. The molecule has 0 radical (unpaired) electrons. The highest BCUT2D eigenvalue weighted by Crippen LogP contribution is 2.43. The summed E-state index contributed by atoms with van der Waals surface area (Å²) >= 11 is 1.87. The van der Waals surface area contributed by atoms with Crippen LogP contribution in [0, 0.1) is 0 Å². The molecule has 1 aromatic heterocycles. The number of thioether (sulfide) groups is 1. The summed E-state index contributed by atoms with van der Waals surface area (Å²) in [5.41, 5.74) is -1.63. The molecule has 6 atom stereocenters. The Morgan fingerprint density at radius 3 is 2.55 bits per heavy atom. The predicted octanol–water partition coefficient (Wildman–Crippen LogP) is -0.174. The Labute approximate surface area is 274 Å². The molecule has 0 bridgehead atoms. The monoisotopic (exact) mass is 702 g/mol. The fourth-order valence-electron chi connectivity index (χ4n) is 5.79. The van der Waals surface area contributed by atoms with Gasteiger partial charge in [-0.3, -0.25) is 28.5 Å². The lowest BCUT2D eigenvalue weighted by Crippen LogP contribution is -2.36. The van der Waals surface area contributed by atoms with Crippen LogP contribution < -0.4 is 32.5 Å². The van der Waals surface area contributed by atoms with E-state index < -0.39 is 50.0 Å². The summed E-state index contributed by atoms with van der Waals surface area (Å²) in [4.78, 5) is 80.8. The van der Waals surface area contributed by atoms with Crippen LogP contribution in [-0.4, -0.2) is 97.3 Å². The molecular formula is C28H43N6O11PS. The topological polar surface area (TPSA) is 250 Å². The third-order valence-electron chi connectivity index (χ3n) is 8.16. The number of nitrogens with one attached hydrogen (secondary N) is 5. The van der Waals surface area contributed by atoms with E-state index in [2.05, 4.69) is 30.8 Å². The first kappa shape index (κ1) is 36.8. The summed E-state index contributed by atoms with van der Waals surface area (Å²) in [5, 5.41) is 21.5. The van der Waals surface area contributed by atoms with Crippen molar-refractivity contribution in [1.29, 1.82) is 0 Å². The molecule has 3 saturated heterocycles. The lowest BCUT2D eigenvalue weighted by Gasteiger charge is -2.16. The highest BCUT2D eigenvalue weighted by atomic mass is 32.2.